The highest BCUT2D eigenvalue weighted by Gasteiger charge is 2.26. The van der Waals surface area contributed by atoms with Gasteiger partial charge >= 0.3 is 0 Å². The van der Waals surface area contributed by atoms with Crippen LogP contribution < -0.4 is 5.32 Å². The Balaban J connectivity index is 1.43. The molecular formula is C25H26N4O2S. The van der Waals surface area contributed by atoms with Gasteiger partial charge in [-0.25, -0.2) is 9.97 Å². The minimum absolute atomic E-state index is 0.205. The van der Waals surface area contributed by atoms with Gasteiger partial charge in [-0.05, 0) is 42.5 Å². The summed E-state index contributed by atoms with van der Waals surface area (Å²) in [5.74, 6) is -0.223. The number of pyridine rings is 1. The van der Waals surface area contributed by atoms with E-state index in [1.165, 1.54) is 0 Å². The summed E-state index contributed by atoms with van der Waals surface area (Å²) in [6, 6.07) is 12.2. The van der Waals surface area contributed by atoms with E-state index in [0.717, 1.165) is 58.4 Å². The summed E-state index contributed by atoms with van der Waals surface area (Å²) in [6.07, 6.45) is 7.57. The van der Waals surface area contributed by atoms with Crippen molar-refractivity contribution in [2.24, 2.45) is 7.05 Å². The fraction of sp³-hybridized carbons (Fsp3) is 0.320. The molecule has 32 heavy (non-hydrogen) atoms. The number of hydrogen-bond acceptors (Lipinski definition) is 5. The first-order valence-electron chi connectivity index (χ1n) is 11.0. The normalized spacial score (nSPS) is 18.7. The van der Waals surface area contributed by atoms with E-state index in [1.807, 2.05) is 41.5 Å². The number of fused-ring (bicyclic) bond motifs is 1. The van der Waals surface area contributed by atoms with Gasteiger partial charge < -0.3 is 15.0 Å². The van der Waals surface area contributed by atoms with E-state index in [0.29, 0.717) is 12.1 Å². The van der Waals surface area contributed by atoms with Crippen LogP contribution in [0.25, 0.3) is 21.6 Å². The van der Waals surface area contributed by atoms with Crippen LogP contribution in [0.15, 0.2) is 54.2 Å². The number of aliphatic hydroxyl groups is 1. The Kier molecular flexibility index (Phi) is 5.76. The summed E-state index contributed by atoms with van der Waals surface area (Å²) in [5, 5.41) is 17.3. The molecule has 5 rings (SSSR count). The van der Waals surface area contributed by atoms with Crippen molar-refractivity contribution in [2.45, 2.75) is 44.2 Å². The maximum atomic E-state index is 13.0. The largest absolute Gasteiger partial charge is 0.391 e. The predicted molar refractivity (Wildman–Crippen MR) is 127 cm³/mol. The summed E-state index contributed by atoms with van der Waals surface area (Å²) in [4.78, 5) is 22.0. The Bertz CT molecular complexity index is 1230. The monoisotopic (exact) mass is 446 g/mol. The van der Waals surface area contributed by atoms with Crippen LogP contribution in [-0.4, -0.2) is 37.7 Å². The minimum atomic E-state index is -0.484. The molecule has 1 aromatic carbocycles. The van der Waals surface area contributed by atoms with E-state index in [1.54, 1.807) is 11.3 Å². The molecule has 1 aliphatic carbocycles. The van der Waals surface area contributed by atoms with E-state index in [4.69, 9.17) is 0 Å². The molecule has 0 bridgehead atoms. The highest BCUT2D eigenvalue weighted by molar-refractivity contribution is 7.13. The Morgan fingerprint density at radius 2 is 2.03 bits per heavy atom. The van der Waals surface area contributed by atoms with E-state index in [2.05, 4.69) is 39.6 Å². The molecular weight excluding hydrogens is 420 g/mol. The summed E-state index contributed by atoms with van der Waals surface area (Å²) in [5.41, 5.74) is 4.51. The molecule has 4 aromatic rings. The van der Waals surface area contributed by atoms with Crippen molar-refractivity contribution in [3.63, 3.8) is 0 Å². The lowest BCUT2D eigenvalue weighted by molar-refractivity contribution is 0.0714. The number of aryl methyl sites for hydroxylation is 1. The average Bonchev–Trinajstić information content (AvgIpc) is 3.47. The molecule has 0 saturated heterocycles. The van der Waals surface area contributed by atoms with Gasteiger partial charge in [0.25, 0.3) is 5.91 Å². The average molecular weight is 447 g/mol. The maximum absolute atomic E-state index is 13.0. The Hall–Kier alpha value is -3.03. The third-order valence-electron chi connectivity index (χ3n) is 6.23. The smallest absolute Gasteiger partial charge is 0.270 e. The van der Waals surface area contributed by atoms with Crippen molar-refractivity contribution in [3.05, 3.63) is 71.0 Å². The van der Waals surface area contributed by atoms with Gasteiger partial charge in [0.1, 0.15) is 16.3 Å². The lowest BCUT2D eigenvalue weighted by Gasteiger charge is -2.28. The molecule has 1 saturated carbocycles. The summed E-state index contributed by atoms with van der Waals surface area (Å²) < 4.78 is 1.94. The van der Waals surface area contributed by atoms with Gasteiger partial charge in [0.15, 0.2) is 0 Å². The number of benzene rings is 1. The number of aromatic nitrogens is 3. The standard InChI is InChI=1S/C25H26N4O2S/c1-29-12-10-19-18(14-16-6-8-17(9-7-16)25-26-11-13-32-25)15-21(27-23(19)29)24(31)28-20-4-2-3-5-22(20)30/h6-13,15,20,22,30H,2-5,14H2,1H3,(H,28,31)/t20-,22-/m1/s1. The molecule has 0 unspecified atom stereocenters. The fourth-order valence-corrected chi connectivity index (χ4v) is 5.08. The number of hydrogen-bond donors (Lipinski definition) is 2. The molecule has 3 heterocycles. The number of aliphatic hydroxyl groups excluding tert-OH is 1. The van der Waals surface area contributed by atoms with E-state index >= 15 is 0 Å². The van der Waals surface area contributed by atoms with Crippen molar-refractivity contribution in [2.75, 3.05) is 0 Å². The van der Waals surface area contributed by atoms with Crippen molar-refractivity contribution in [1.29, 1.82) is 0 Å². The first kappa shape index (κ1) is 20.8. The van der Waals surface area contributed by atoms with Gasteiger partial charge in [0, 0.05) is 35.8 Å². The zero-order chi connectivity index (χ0) is 22.1. The van der Waals surface area contributed by atoms with Crippen LogP contribution in [0.4, 0.5) is 0 Å². The molecule has 6 nitrogen and oxygen atoms in total. The van der Waals surface area contributed by atoms with Gasteiger partial charge in [-0.2, -0.15) is 0 Å². The van der Waals surface area contributed by atoms with E-state index in [-0.39, 0.29) is 11.9 Å². The maximum Gasteiger partial charge on any atom is 0.270 e. The lowest BCUT2D eigenvalue weighted by atomic mass is 9.92. The Morgan fingerprint density at radius 3 is 2.78 bits per heavy atom. The van der Waals surface area contributed by atoms with Crippen molar-refractivity contribution in [1.82, 2.24) is 19.9 Å². The van der Waals surface area contributed by atoms with Crippen molar-refractivity contribution >= 4 is 28.3 Å². The van der Waals surface area contributed by atoms with Crippen LogP contribution in [-0.2, 0) is 13.5 Å². The molecule has 7 heteroatoms. The highest BCUT2D eigenvalue weighted by Crippen LogP contribution is 2.26. The van der Waals surface area contributed by atoms with Crippen LogP contribution in [0.5, 0.6) is 0 Å². The molecule has 0 aliphatic heterocycles. The van der Waals surface area contributed by atoms with Gasteiger partial charge in [-0.15, -0.1) is 11.3 Å². The van der Waals surface area contributed by atoms with Crippen molar-refractivity contribution < 1.29 is 9.90 Å². The third-order valence-corrected chi connectivity index (χ3v) is 7.05. The number of carbonyl (C=O) groups excluding carboxylic acids is 1. The van der Waals surface area contributed by atoms with Crippen LogP contribution in [0.3, 0.4) is 0 Å². The van der Waals surface area contributed by atoms with Crippen LogP contribution >= 0.6 is 11.3 Å². The number of thiazole rings is 1. The molecule has 0 spiro atoms. The quantitative estimate of drug-likeness (QED) is 0.478. The lowest BCUT2D eigenvalue weighted by Crippen LogP contribution is -2.45. The number of nitrogens with zero attached hydrogens (tertiary/aromatic N) is 3. The molecule has 2 atom stereocenters. The fourth-order valence-electron chi connectivity index (χ4n) is 4.44. The summed E-state index contributed by atoms with van der Waals surface area (Å²) >= 11 is 1.63. The van der Waals surface area contributed by atoms with E-state index < -0.39 is 6.10 Å². The highest BCUT2D eigenvalue weighted by atomic mass is 32.1. The first-order chi connectivity index (χ1) is 15.6. The van der Waals surface area contributed by atoms with Gasteiger partial charge in [-0.1, -0.05) is 37.1 Å². The molecule has 2 N–H and O–H groups in total. The topological polar surface area (TPSA) is 80.0 Å². The minimum Gasteiger partial charge on any atom is -0.391 e. The van der Waals surface area contributed by atoms with Crippen molar-refractivity contribution in [3.8, 4) is 10.6 Å². The third kappa shape index (κ3) is 4.18. The zero-order valence-corrected chi connectivity index (χ0v) is 18.8. The molecule has 164 valence electrons. The Labute approximate surface area is 191 Å². The molecule has 1 aliphatic rings. The predicted octanol–water partition coefficient (Wildman–Crippen LogP) is 4.32. The van der Waals surface area contributed by atoms with Gasteiger partial charge in [0.05, 0.1) is 12.1 Å². The van der Waals surface area contributed by atoms with Gasteiger partial charge in [0.2, 0.25) is 0 Å². The van der Waals surface area contributed by atoms with Gasteiger partial charge in [-0.3, -0.25) is 4.79 Å². The summed E-state index contributed by atoms with van der Waals surface area (Å²) in [6.45, 7) is 0. The van der Waals surface area contributed by atoms with Crippen LogP contribution in [0.2, 0.25) is 0 Å². The summed E-state index contributed by atoms with van der Waals surface area (Å²) in [7, 11) is 1.94. The number of amides is 1. The molecule has 3 aromatic heterocycles. The first-order valence-corrected chi connectivity index (χ1v) is 11.9. The number of nitrogens with one attached hydrogen (secondary N) is 1. The molecule has 1 fully saturated rings. The van der Waals surface area contributed by atoms with Crippen LogP contribution in [0, 0.1) is 0 Å². The second-order valence-electron chi connectivity index (χ2n) is 8.47. The SMILES string of the molecule is Cn1ccc2c(Cc3ccc(-c4nccs4)cc3)cc(C(=O)N[C@@H]3CCCC[C@H]3O)nc21. The Morgan fingerprint density at radius 1 is 1.22 bits per heavy atom. The molecule has 0 radical (unpaired) electrons. The number of rotatable bonds is 5. The van der Waals surface area contributed by atoms with E-state index in [9.17, 15) is 9.90 Å². The number of carbonyl (C=O) groups is 1. The molecule has 1 amide bonds. The zero-order valence-electron chi connectivity index (χ0n) is 18.0. The second-order valence-corrected chi connectivity index (χ2v) is 9.37. The van der Waals surface area contributed by atoms with Crippen LogP contribution in [0.1, 0.15) is 47.3 Å². The second kappa shape index (κ2) is 8.84.